The van der Waals surface area contributed by atoms with Crippen molar-refractivity contribution < 1.29 is 9.53 Å². The number of ether oxygens (including phenoxy) is 1. The second-order valence-electron chi connectivity index (χ2n) is 4.33. The third kappa shape index (κ3) is 1.21. The summed E-state index contributed by atoms with van der Waals surface area (Å²) in [5.41, 5.74) is 2.33. The van der Waals surface area contributed by atoms with Gasteiger partial charge in [0.25, 0.3) is 0 Å². The first-order valence-electron chi connectivity index (χ1n) is 5.23. The van der Waals surface area contributed by atoms with Gasteiger partial charge in [0.2, 0.25) is 0 Å². The summed E-state index contributed by atoms with van der Waals surface area (Å²) in [5.74, 6) is 0.957. The van der Waals surface area contributed by atoms with Crippen molar-refractivity contribution in [3.63, 3.8) is 0 Å². The number of hydrogen-bond donors (Lipinski definition) is 0. The highest BCUT2D eigenvalue weighted by molar-refractivity contribution is 5.80. The molecule has 0 bridgehead atoms. The Labute approximate surface area is 88.6 Å². The molecule has 0 amide bonds. The molecular weight excluding hydrogens is 188 g/mol. The van der Waals surface area contributed by atoms with Gasteiger partial charge >= 0.3 is 5.97 Å². The van der Waals surface area contributed by atoms with Gasteiger partial charge in [-0.25, -0.2) is 0 Å². The van der Waals surface area contributed by atoms with Crippen molar-refractivity contribution in [2.24, 2.45) is 5.92 Å². The molecule has 76 valence electrons. The number of hydrogen-bond acceptors (Lipinski definition) is 2. The Hall–Kier alpha value is -1.57. The van der Waals surface area contributed by atoms with Crippen molar-refractivity contribution in [3.8, 4) is 5.75 Å². The standard InChI is InChI=1S/C13H12O2/c1-8-6-10-9-4-2-3-5-12(9)15-13(14)11(10)7-8/h2-5,10-11H,1,6-7H2/t10-,11-/m0/s1. The Bertz CT molecular complexity index is 448. The number of carbonyl (C=O) groups excluding carboxylic acids is 1. The lowest BCUT2D eigenvalue weighted by Crippen LogP contribution is -2.28. The topological polar surface area (TPSA) is 26.3 Å². The average molecular weight is 200 g/mol. The maximum absolute atomic E-state index is 11.7. The smallest absolute Gasteiger partial charge is 0.315 e. The van der Waals surface area contributed by atoms with Crippen LogP contribution >= 0.6 is 0 Å². The third-order valence-corrected chi connectivity index (χ3v) is 3.33. The summed E-state index contributed by atoms with van der Waals surface area (Å²) in [4.78, 5) is 11.7. The number of carbonyl (C=O) groups is 1. The fraction of sp³-hybridized carbons (Fsp3) is 0.308. The van der Waals surface area contributed by atoms with E-state index in [2.05, 4.69) is 12.6 Å². The van der Waals surface area contributed by atoms with E-state index in [9.17, 15) is 4.79 Å². The lowest BCUT2D eigenvalue weighted by atomic mass is 9.86. The second-order valence-corrected chi connectivity index (χ2v) is 4.33. The van der Waals surface area contributed by atoms with E-state index >= 15 is 0 Å². The molecule has 1 heterocycles. The van der Waals surface area contributed by atoms with Gasteiger partial charge in [0.15, 0.2) is 0 Å². The van der Waals surface area contributed by atoms with Crippen LogP contribution in [0.1, 0.15) is 24.3 Å². The van der Waals surface area contributed by atoms with Gasteiger partial charge in [0, 0.05) is 5.92 Å². The zero-order chi connectivity index (χ0) is 10.4. The first kappa shape index (κ1) is 8.72. The van der Waals surface area contributed by atoms with Crippen LogP contribution in [0.25, 0.3) is 0 Å². The van der Waals surface area contributed by atoms with Crippen LogP contribution in [0.5, 0.6) is 5.75 Å². The van der Waals surface area contributed by atoms with Crippen molar-refractivity contribution >= 4 is 5.97 Å². The summed E-state index contributed by atoms with van der Waals surface area (Å²) >= 11 is 0. The predicted octanol–water partition coefficient (Wildman–Crippen LogP) is 2.66. The molecule has 1 aromatic rings. The fourth-order valence-electron chi connectivity index (χ4n) is 2.63. The average Bonchev–Trinajstić information content (AvgIpc) is 2.61. The number of fused-ring (bicyclic) bond motifs is 3. The summed E-state index contributed by atoms with van der Waals surface area (Å²) in [6, 6.07) is 7.81. The largest absolute Gasteiger partial charge is 0.426 e. The molecule has 15 heavy (non-hydrogen) atoms. The Kier molecular flexibility index (Phi) is 1.72. The first-order chi connectivity index (χ1) is 7.25. The van der Waals surface area contributed by atoms with Crippen LogP contribution in [0.2, 0.25) is 0 Å². The van der Waals surface area contributed by atoms with E-state index in [0.717, 1.165) is 18.6 Å². The second kappa shape index (κ2) is 2.96. The summed E-state index contributed by atoms with van der Waals surface area (Å²) in [7, 11) is 0. The molecule has 2 heteroatoms. The molecule has 3 rings (SSSR count). The van der Waals surface area contributed by atoms with Crippen molar-refractivity contribution in [2.45, 2.75) is 18.8 Å². The molecule has 2 aliphatic rings. The minimum atomic E-state index is -0.0858. The predicted molar refractivity (Wildman–Crippen MR) is 56.7 cm³/mol. The molecule has 1 aliphatic heterocycles. The Morgan fingerprint density at radius 3 is 2.80 bits per heavy atom. The van der Waals surface area contributed by atoms with E-state index in [4.69, 9.17) is 4.74 Å². The van der Waals surface area contributed by atoms with Crippen LogP contribution in [0.15, 0.2) is 36.4 Å². The van der Waals surface area contributed by atoms with E-state index < -0.39 is 0 Å². The Morgan fingerprint density at radius 2 is 1.93 bits per heavy atom. The van der Waals surface area contributed by atoms with Crippen molar-refractivity contribution in [3.05, 3.63) is 42.0 Å². The molecule has 1 fully saturated rings. The molecule has 0 radical (unpaired) electrons. The lowest BCUT2D eigenvalue weighted by Gasteiger charge is -2.26. The maximum Gasteiger partial charge on any atom is 0.315 e. The molecule has 1 aliphatic carbocycles. The van der Waals surface area contributed by atoms with E-state index in [1.807, 2.05) is 18.2 Å². The van der Waals surface area contributed by atoms with E-state index in [1.54, 1.807) is 0 Å². The van der Waals surface area contributed by atoms with Crippen LogP contribution in [-0.4, -0.2) is 5.97 Å². The molecule has 1 aromatic carbocycles. The summed E-state index contributed by atoms with van der Waals surface area (Å²) in [5, 5.41) is 0. The molecule has 0 N–H and O–H groups in total. The molecule has 2 atom stereocenters. The number of benzene rings is 1. The van der Waals surface area contributed by atoms with Crippen LogP contribution in [0.4, 0.5) is 0 Å². The zero-order valence-electron chi connectivity index (χ0n) is 8.40. The molecule has 0 aromatic heterocycles. The van der Waals surface area contributed by atoms with Gasteiger partial charge in [-0.05, 0) is 24.5 Å². The number of para-hydroxylation sites is 1. The summed E-state index contributed by atoms with van der Waals surface area (Å²) in [6.07, 6.45) is 1.72. The molecular formula is C13H12O2. The number of esters is 1. The van der Waals surface area contributed by atoms with E-state index in [-0.39, 0.29) is 11.9 Å². The van der Waals surface area contributed by atoms with Crippen LogP contribution in [0.3, 0.4) is 0 Å². The Morgan fingerprint density at radius 1 is 1.20 bits per heavy atom. The highest BCUT2D eigenvalue weighted by atomic mass is 16.5. The van der Waals surface area contributed by atoms with Gasteiger partial charge in [0.1, 0.15) is 5.75 Å². The van der Waals surface area contributed by atoms with Crippen LogP contribution in [0, 0.1) is 5.92 Å². The minimum Gasteiger partial charge on any atom is -0.426 e. The minimum absolute atomic E-state index is 0.00685. The molecule has 2 nitrogen and oxygen atoms in total. The molecule has 0 unspecified atom stereocenters. The van der Waals surface area contributed by atoms with E-state index in [1.165, 1.54) is 11.1 Å². The highest BCUT2D eigenvalue weighted by Gasteiger charge is 2.41. The van der Waals surface area contributed by atoms with Gasteiger partial charge < -0.3 is 4.74 Å². The van der Waals surface area contributed by atoms with Gasteiger partial charge in [-0.1, -0.05) is 30.4 Å². The van der Waals surface area contributed by atoms with Crippen molar-refractivity contribution in [1.82, 2.24) is 0 Å². The van der Waals surface area contributed by atoms with Gasteiger partial charge in [-0.2, -0.15) is 0 Å². The first-order valence-corrected chi connectivity index (χ1v) is 5.23. The quantitative estimate of drug-likeness (QED) is 0.365. The number of rotatable bonds is 0. The highest BCUT2D eigenvalue weighted by Crippen LogP contribution is 2.48. The zero-order valence-corrected chi connectivity index (χ0v) is 8.40. The van der Waals surface area contributed by atoms with Crippen LogP contribution in [-0.2, 0) is 4.79 Å². The molecule has 0 spiro atoms. The summed E-state index contributed by atoms with van der Waals surface area (Å²) in [6.45, 7) is 3.98. The van der Waals surface area contributed by atoms with E-state index in [0.29, 0.717) is 5.92 Å². The maximum atomic E-state index is 11.7. The lowest BCUT2D eigenvalue weighted by molar-refractivity contribution is -0.140. The fourth-order valence-corrected chi connectivity index (χ4v) is 2.63. The van der Waals surface area contributed by atoms with Crippen molar-refractivity contribution in [1.29, 1.82) is 0 Å². The van der Waals surface area contributed by atoms with Gasteiger partial charge in [0.05, 0.1) is 5.92 Å². The number of allylic oxidation sites excluding steroid dienone is 1. The summed E-state index contributed by atoms with van der Waals surface area (Å²) < 4.78 is 5.31. The molecule has 0 saturated heterocycles. The normalized spacial score (nSPS) is 28.3. The van der Waals surface area contributed by atoms with Gasteiger partial charge in [-0.3, -0.25) is 4.79 Å². The van der Waals surface area contributed by atoms with Crippen LogP contribution < -0.4 is 4.74 Å². The monoisotopic (exact) mass is 200 g/mol. The van der Waals surface area contributed by atoms with Crippen molar-refractivity contribution in [2.75, 3.05) is 0 Å². The third-order valence-electron chi connectivity index (χ3n) is 3.33. The molecule has 1 saturated carbocycles. The SMILES string of the molecule is C=C1C[C@@H]2C(=O)Oc3ccccc3[C@@H]2C1. The van der Waals surface area contributed by atoms with Gasteiger partial charge in [-0.15, -0.1) is 0 Å². The Balaban J connectivity index is 2.11.